The first-order valence-corrected chi connectivity index (χ1v) is 8.69. The topological polar surface area (TPSA) is 61.8 Å². The van der Waals surface area contributed by atoms with Crippen LogP contribution < -0.4 is 4.74 Å². The molecule has 2 rings (SSSR count). The van der Waals surface area contributed by atoms with Gasteiger partial charge in [-0.2, -0.15) is 9.28 Å². The van der Waals surface area contributed by atoms with Crippen LogP contribution in [0.5, 0.6) is 5.75 Å². The summed E-state index contributed by atoms with van der Waals surface area (Å²) in [4.78, 5) is 24.2. The highest BCUT2D eigenvalue weighted by Crippen LogP contribution is 2.31. The molecule has 1 atom stereocenters. The van der Waals surface area contributed by atoms with Crippen molar-refractivity contribution in [2.45, 2.75) is 52.6 Å². The van der Waals surface area contributed by atoms with Crippen LogP contribution in [0.2, 0.25) is 0 Å². The number of aryl methyl sites for hydroxylation is 1. The molecule has 144 valence electrons. The van der Waals surface area contributed by atoms with Gasteiger partial charge in [-0.25, -0.2) is 4.79 Å². The molecular weight excluding hydrogens is 341 g/mol. The number of nitrogens with zero attached hydrogens (tertiary/aromatic N) is 1. The van der Waals surface area contributed by atoms with Crippen molar-refractivity contribution in [2.24, 2.45) is 0 Å². The van der Waals surface area contributed by atoms with Gasteiger partial charge in [-0.1, -0.05) is 0 Å². The van der Waals surface area contributed by atoms with Crippen molar-refractivity contribution in [3.63, 3.8) is 0 Å². The first-order chi connectivity index (χ1) is 12.1. The Balaban J connectivity index is 2.22. The molecule has 7 heteroatoms. The number of rotatable bonds is 4. The lowest BCUT2D eigenvalue weighted by Crippen LogP contribution is -2.59. The Morgan fingerprint density at radius 2 is 1.81 bits per heavy atom. The number of carbonyl (C=O) groups excluding carboxylic acids is 2. The van der Waals surface area contributed by atoms with Gasteiger partial charge in [0.2, 0.25) is 0 Å². The van der Waals surface area contributed by atoms with E-state index in [4.69, 9.17) is 9.47 Å². The third-order valence-corrected chi connectivity index (χ3v) is 4.33. The largest absolute Gasteiger partial charge is 0.522 e. The Labute approximate surface area is 153 Å². The highest BCUT2D eigenvalue weighted by Gasteiger charge is 2.52. The minimum Gasteiger partial charge on any atom is -0.465 e. The SMILES string of the molecule is COC(=O)c1ccc(OC(F)[N+]2(C(=O)OC(C)(C)C)CCCC2)c(C)c1. The van der Waals surface area contributed by atoms with E-state index in [1.54, 1.807) is 33.8 Å². The van der Waals surface area contributed by atoms with Gasteiger partial charge in [0.1, 0.15) is 11.4 Å². The predicted octanol–water partition coefficient (Wildman–Crippen LogP) is 3.96. The van der Waals surface area contributed by atoms with E-state index in [9.17, 15) is 9.59 Å². The first kappa shape index (κ1) is 20.2. The number of alkyl halides is 1. The van der Waals surface area contributed by atoms with Crippen molar-refractivity contribution in [2.75, 3.05) is 20.2 Å². The zero-order valence-corrected chi connectivity index (χ0v) is 16.0. The second-order valence-corrected chi connectivity index (χ2v) is 7.55. The fraction of sp³-hybridized carbons (Fsp3) is 0.579. The quantitative estimate of drug-likeness (QED) is 0.457. The Hall–Kier alpha value is -2.15. The molecule has 0 spiro atoms. The van der Waals surface area contributed by atoms with E-state index in [0.29, 0.717) is 24.2 Å². The smallest absolute Gasteiger partial charge is 0.465 e. The van der Waals surface area contributed by atoms with Crippen LogP contribution in [-0.4, -0.2) is 48.8 Å². The number of esters is 1. The van der Waals surface area contributed by atoms with E-state index in [-0.39, 0.29) is 5.75 Å². The molecule has 26 heavy (non-hydrogen) atoms. The van der Waals surface area contributed by atoms with Gasteiger partial charge >= 0.3 is 18.5 Å². The minimum atomic E-state index is -1.88. The number of ether oxygens (including phenoxy) is 3. The zero-order chi connectivity index (χ0) is 19.5. The van der Waals surface area contributed by atoms with Crippen molar-refractivity contribution < 1.29 is 32.7 Å². The van der Waals surface area contributed by atoms with Crippen molar-refractivity contribution >= 4 is 12.1 Å². The van der Waals surface area contributed by atoms with E-state index in [0.717, 1.165) is 12.8 Å². The zero-order valence-electron chi connectivity index (χ0n) is 16.0. The van der Waals surface area contributed by atoms with E-state index in [1.807, 2.05) is 0 Å². The molecule has 1 aromatic rings. The molecule has 0 saturated carbocycles. The Bertz CT molecular complexity index is 677. The molecule has 1 amide bonds. The maximum atomic E-state index is 15.1. The van der Waals surface area contributed by atoms with Crippen LogP contribution in [0.25, 0.3) is 0 Å². The van der Waals surface area contributed by atoms with Crippen LogP contribution in [0.3, 0.4) is 0 Å². The Morgan fingerprint density at radius 3 is 2.31 bits per heavy atom. The number of benzene rings is 1. The molecule has 1 unspecified atom stereocenters. The summed E-state index contributed by atoms with van der Waals surface area (Å²) in [6.07, 6.45) is 0.832. The van der Waals surface area contributed by atoms with E-state index in [1.165, 1.54) is 19.2 Å². The summed E-state index contributed by atoms with van der Waals surface area (Å²) >= 11 is 0. The van der Waals surface area contributed by atoms with Crippen molar-refractivity contribution in [1.29, 1.82) is 0 Å². The van der Waals surface area contributed by atoms with Crippen LogP contribution in [0, 0.1) is 6.92 Å². The number of quaternary nitrogens is 1. The number of carbonyl (C=O) groups is 2. The van der Waals surface area contributed by atoms with Gasteiger partial charge in [0.15, 0.2) is 0 Å². The number of hydrogen-bond donors (Lipinski definition) is 0. The van der Waals surface area contributed by atoms with Gasteiger partial charge in [0.25, 0.3) is 0 Å². The van der Waals surface area contributed by atoms with Gasteiger partial charge in [-0.15, -0.1) is 4.39 Å². The average Bonchev–Trinajstić information content (AvgIpc) is 3.05. The lowest BCUT2D eigenvalue weighted by molar-refractivity contribution is -0.908. The number of amides is 1. The maximum absolute atomic E-state index is 15.1. The molecule has 0 aromatic heterocycles. The minimum absolute atomic E-state index is 0.276. The molecular formula is C19H27FNO5+. The van der Waals surface area contributed by atoms with Crippen LogP contribution in [0.4, 0.5) is 9.18 Å². The second kappa shape index (κ2) is 7.61. The third-order valence-electron chi connectivity index (χ3n) is 4.33. The van der Waals surface area contributed by atoms with Crippen molar-refractivity contribution in [3.05, 3.63) is 29.3 Å². The molecule has 1 saturated heterocycles. The molecule has 1 aliphatic rings. The van der Waals surface area contributed by atoms with Crippen LogP contribution in [0.1, 0.15) is 49.5 Å². The molecule has 0 N–H and O–H groups in total. The molecule has 1 aromatic carbocycles. The second-order valence-electron chi connectivity index (χ2n) is 7.55. The van der Waals surface area contributed by atoms with Gasteiger partial charge < -0.3 is 14.2 Å². The molecule has 0 radical (unpaired) electrons. The molecule has 1 fully saturated rings. The molecule has 1 aliphatic heterocycles. The van der Waals surface area contributed by atoms with E-state index < -0.39 is 28.6 Å². The maximum Gasteiger partial charge on any atom is 0.522 e. The van der Waals surface area contributed by atoms with E-state index >= 15 is 4.39 Å². The summed E-state index contributed by atoms with van der Waals surface area (Å²) < 4.78 is 30.2. The molecule has 0 aliphatic carbocycles. The van der Waals surface area contributed by atoms with Crippen molar-refractivity contribution in [1.82, 2.24) is 0 Å². The number of methoxy groups -OCH3 is 1. The summed E-state index contributed by atoms with van der Waals surface area (Å²) in [5.74, 6) is -0.202. The number of likely N-dealkylation sites (tertiary alicyclic amines) is 1. The van der Waals surface area contributed by atoms with Crippen molar-refractivity contribution in [3.8, 4) is 5.75 Å². The van der Waals surface area contributed by atoms with Crippen LogP contribution in [-0.2, 0) is 9.47 Å². The number of halogens is 1. The van der Waals surface area contributed by atoms with Gasteiger partial charge in [-0.05, 0) is 51.5 Å². The summed E-state index contributed by atoms with van der Waals surface area (Å²) in [6, 6.07) is 4.58. The molecule has 6 nitrogen and oxygen atoms in total. The van der Waals surface area contributed by atoms with Gasteiger partial charge in [-0.3, -0.25) is 0 Å². The normalized spacial score (nSPS) is 17.5. The fourth-order valence-corrected chi connectivity index (χ4v) is 2.95. The molecule has 1 heterocycles. The highest BCUT2D eigenvalue weighted by atomic mass is 19.1. The fourth-order valence-electron chi connectivity index (χ4n) is 2.95. The number of hydrogen-bond acceptors (Lipinski definition) is 5. The average molecular weight is 368 g/mol. The summed E-state index contributed by atoms with van der Waals surface area (Å²) in [5, 5.41) is 0. The summed E-state index contributed by atoms with van der Waals surface area (Å²) in [5.41, 5.74) is 0.227. The van der Waals surface area contributed by atoms with Gasteiger partial charge in [0.05, 0.1) is 25.8 Å². The first-order valence-electron chi connectivity index (χ1n) is 8.69. The third kappa shape index (κ3) is 4.33. The summed E-state index contributed by atoms with van der Waals surface area (Å²) in [6.45, 7) is 5.74. The van der Waals surface area contributed by atoms with Gasteiger partial charge in [0, 0.05) is 12.8 Å². The van der Waals surface area contributed by atoms with Crippen LogP contribution >= 0.6 is 0 Å². The Kier molecular flexibility index (Phi) is 5.91. The van der Waals surface area contributed by atoms with E-state index in [2.05, 4.69) is 4.74 Å². The molecule has 0 bridgehead atoms. The van der Waals surface area contributed by atoms with Crippen LogP contribution in [0.15, 0.2) is 18.2 Å². The monoisotopic (exact) mass is 368 g/mol. The predicted molar refractivity (Wildman–Crippen MR) is 93.5 cm³/mol. The highest BCUT2D eigenvalue weighted by molar-refractivity contribution is 5.89. The lowest BCUT2D eigenvalue weighted by atomic mass is 10.1. The lowest BCUT2D eigenvalue weighted by Gasteiger charge is -2.34. The summed E-state index contributed by atoms with van der Waals surface area (Å²) in [7, 11) is 1.29. The standard InChI is InChI=1S/C19H27FNO5/c1-13-12-14(16(22)24-5)8-9-15(13)25-17(20)21(10-6-7-11-21)18(23)26-19(2,3)4/h8-9,12,17H,6-7,10-11H2,1-5H3/q+1. The Morgan fingerprint density at radius 1 is 1.19 bits per heavy atom.